The summed E-state index contributed by atoms with van der Waals surface area (Å²) >= 11 is 0. The van der Waals surface area contributed by atoms with Gasteiger partial charge in [0.2, 0.25) is 11.8 Å². The van der Waals surface area contributed by atoms with Crippen LogP contribution in [0.2, 0.25) is 0 Å². The van der Waals surface area contributed by atoms with Crippen molar-refractivity contribution in [2.24, 2.45) is 22.7 Å². The number of morpholine rings is 1. The number of nitrogens with one attached hydrogen (secondary N) is 2. The van der Waals surface area contributed by atoms with Gasteiger partial charge < -0.3 is 38.8 Å². The predicted octanol–water partition coefficient (Wildman–Crippen LogP) is 6.53. The number of fused-ring (bicyclic) bond motifs is 6. The van der Waals surface area contributed by atoms with Crippen molar-refractivity contribution in [1.29, 1.82) is 0 Å². The van der Waals surface area contributed by atoms with E-state index in [2.05, 4.69) is 47.2 Å². The molecule has 0 radical (unpaired) electrons. The van der Waals surface area contributed by atoms with Gasteiger partial charge in [0.05, 0.1) is 54.7 Å². The van der Waals surface area contributed by atoms with E-state index in [0.29, 0.717) is 104 Å². The van der Waals surface area contributed by atoms with Gasteiger partial charge in [-0.25, -0.2) is 5.43 Å². The molecule has 2 aromatic heterocycles. The molecule has 7 aliphatic heterocycles. The Hall–Kier alpha value is -5.06. The van der Waals surface area contributed by atoms with Crippen LogP contribution in [-0.2, 0) is 46.4 Å². The molecule has 9 fully saturated rings. The molecule has 18 nitrogen and oxygen atoms in total. The number of halogens is 3. The average Bonchev–Trinajstić information content (AvgIpc) is 1.82. The maximum atomic E-state index is 15.3. The van der Waals surface area contributed by atoms with E-state index in [0.717, 1.165) is 89.2 Å². The zero-order valence-corrected chi connectivity index (χ0v) is 50.0. The van der Waals surface area contributed by atoms with Gasteiger partial charge in [0.15, 0.2) is 0 Å². The maximum absolute atomic E-state index is 15.3. The van der Waals surface area contributed by atoms with Crippen molar-refractivity contribution in [1.82, 2.24) is 44.9 Å². The normalized spacial score (nSPS) is 31.0. The molecule has 21 heteroatoms. The summed E-state index contributed by atoms with van der Waals surface area (Å²) in [5, 5.41) is 5.47. The standard InChI is InChI=1S/C63H88F3N11O7/c1-39(82-5)52-47(30-44(33-67-52)72-25-23-71(24-26-72)42-14-15-42)55-48-32-61(2,3)38-84-60(81)49-11-8-20-77(69-49)58(79)50(31-45-34-73(27-28-83-45)43-16-17-51(46(48)29-43)76(55)37-63(64,65)66)68-57(78)54(40-9-6-7-10-40)74-21-18-62(35-74)19-22-75(36-62)59(80)56-53(70(56)4)41-12-13-41/h16-17,29-30,33,39-42,45,49-50,53-54,56,69H,6-15,18-28,31-32,34-38H2,1-5H3,(H,68,78)/t39-,45-,49-,50-,53+,54-,56+,62-,70?/m0/s1. The minimum Gasteiger partial charge on any atom is -0.464 e. The number of likely N-dealkylation sites (N-methyl/N-ethyl adjacent to an activating group) is 1. The van der Waals surface area contributed by atoms with Crippen LogP contribution in [0.1, 0.15) is 122 Å². The molecule has 13 rings (SSSR count). The van der Waals surface area contributed by atoms with Gasteiger partial charge >= 0.3 is 12.1 Å². The number of hydrogen-bond donors (Lipinski definition) is 2. The van der Waals surface area contributed by atoms with Gasteiger partial charge in [-0.05, 0) is 133 Å². The number of hydrogen-bond acceptors (Lipinski definition) is 14. The number of carbonyl (C=O) groups excluding carboxylic acids is 4. The van der Waals surface area contributed by atoms with Crippen molar-refractivity contribution in [2.45, 2.75) is 172 Å². The highest BCUT2D eigenvalue weighted by Crippen LogP contribution is 2.49. The van der Waals surface area contributed by atoms with Crippen LogP contribution in [0.5, 0.6) is 0 Å². The van der Waals surface area contributed by atoms with Gasteiger partial charge in [-0.2, -0.15) is 13.2 Å². The van der Waals surface area contributed by atoms with Crippen LogP contribution in [0.25, 0.3) is 22.2 Å². The molecule has 2 N–H and O–H groups in total. The second-order valence-corrected chi connectivity index (χ2v) is 27.6. The Kier molecular flexibility index (Phi) is 15.8. The number of carbonyl (C=O) groups is 4. The largest absolute Gasteiger partial charge is 0.464 e. The predicted molar refractivity (Wildman–Crippen MR) is 312 cm³/mol. The Bertz CT molecular complexity index is 2970. The quantitative estimate of drug-likeness (QED) is 0.149. The fourth-order valence-corrected chi connectivity index (χ4v) is 16.0. The molecule has 10 aliphatic rings. The monoisotopic (exact) mass is 1170 g/mol. The lowest BCUT2D eigenvalue weighted by molar-refractivity contribution is -0.156. The number of benzene rings is 1. The molecule has 1 aromatic carbocycles. The number of anilines is 2. The zero-order chi connectivity index (χ0) is 58.4. The summed E-state index contributed by atoms with van der Waals surface area (Å²) in [6.45, 7) is 12.2. The van der Waals surface area contributed by atoms with Crippen molar-refractivity contribution in [2.75, 3.05) is 109 Å². The van der Waals surface area contributed by atoms with Gasteiger partial charge in [0, 0.05) is 124 Å². The van der Waals surface area contributed by atoms with Crippen molar-refractivity contribution in [3.05, 3.63) is 41.7 Å². The van der Waals surface area contributed by atoms with Gasteiger partial charge in [-0.1, -0.05) is 26.7 Å². The van der Waals surface area contributed by atoms with Crippen molar-refractivity contribution < 1.29 is 46.6 Å². The second kappa shape index (κ2) is 22.9. The number of alkyl halides is 3. The minimum atomic E-state index is -4.59. The summed E-state index contributed by atoms with van der Waals surface area (Å²) in [6.07, 6.45) is 8.04. The summed E-state index contributed by atoms with van der Waals surface area (Å²) in [5.74, 6) is -0.0581. The molecule has 3 amide bonds. The van der Waals surface area contributed by atoms with Crippen LogP contribution in [0, 0.1) is 22.7 Å². The van der Waals surface area contributed by atoms with Crippen molar-refractivity contribution in [3.63, 3.8) is 0 Å². The number of piperazine rings is 1. The summed E-state index contributed by atoms with van der Waals surface area (Å²) in [4.78, 5) is 77.5. The van der Waals surface area contributed by atoms with Crippen LogP contribution in [0.3, 0.4) is 0 Å². The van der Waals surface area contributed by atoms with E-state index >= 15 is 22.8 Å². The number of cyclic esters (lactones) is 1. The first-order chi connectivity index (χ1) is 40.3. The van der Waals surface area contributed by atoms with Crippen LogP contribution in [-0.4, -0.2) is 206 Å². The number of rotatable bonds is 12. The molecule has 1 spiro atoms. The lowest BCUT2D eigenvalue weighted by Gasteiger charge is -2.39. The molecule has 9 heterocycles. The molecule has 1 unspecified atom stereocenters. The van der Waals surface area contributed by atoms with Gasteiger partial charge in [-0.15, -0.1) is 0 Å². The lowest BCUT2D eigenvalue weighted by Crippen LogP contribution is -2.62. The first-order valence-corrected chi connectivity index (χ1v) is 31.7. The number of esters is 1. The minimum absolute atomic E-state index is 0.0107. The Morgan fingerprint density at radius 2 is 1.68 bits per heavy atom. The molecule has 6 saturated heterocycles. The molecular formula is C63H88F3N11O7. The SMILES string of the molecule is CO[C@@H](C)c1ncc(N2CCN(C3CC3)CC2)cc1-c1c2c3cc(ccc3n1CC(F)(F)F)N1CCO[C@@H](C[C@H](NC(=O)[C@H](C3CCCC3)N3CC[C@]4(CCN(C(=O)[C@H]5[C@@H](C6CC6)N5C)C4)C3)C(=O)N3CCC[C@H](N3)C(=O)OCC(C)(C)C2)C1. The third-order valence-corrected chi connectivity index (χ3v) is 21.0. The molecule has 458 valence electrons. The highest BCUT2D eigenvalue weighted by molar-refractivity contribution is 5.95. The highest BCUT2D eigenvalue weighted by atomic mass is 19.4. The van der Waals surface area contributed by atoms with Gasteiger partial charge in [0.25, 0.3) is 5.91 Å². The first kappa shape index (κ1) is 58.0. The fourth-order valence-electron chi connectivity index (χ4n) is 16.0. The summed E-state index contributed by atoms with van der Waals surface area (Å²) < 4.78 is 65.9. The number of amides is 3. The topological polar surface area (TPSA) is 160 Å². The zero-order valence-electron chi connectivity index (χ0n) is 50.0. The Morgan fingerprint density at radius 3 is 2.42 bits per heavy atom. The van der Waals surface area contributed by atoms with Crippen LogP contribution in [0.4, 0.5) is 24.5 Å². The van der Waals surface area contributed by atoms with Gasteiger partial charge in [0.1, 0.15) is 24.7 Å². The Morgan fingerprint density at radius 1 is 0.905 bits per heavy atom. The number of ether oxygens (including phenoxy) is 3. The van der Waals surface area contributed by atoms with E-state index in [1.54, 1.807) is 13.2 Å². The lowest BCUT2D eigenvalue weighted by atomic mass is 9.84. The Labute approximate surface area is 492 Å². The van der Waals surface area contributed by atoms with Crippen LogP contribution >= 0.6 is 0 Å². The van der Waals surface area contributed by atoms with E-state index < -0.39 is 54.4 Å². The third-order valence-electron chi connectivity index (χ3n) is 21.0. The number of nitrogens with zero attached hydrogens (tertiary/aromatic N) is 9. The summed E-state index contributed by atoms with van der Waals surface area (Å²) in [7, 11) is 3.66. The molecule has 3 aromatic rings. The number of pyridine rings is 1. The second-order valence-electron chi connectivity index (χ2n) is 27.6. The van der Waals surface area contributed by atoms with Crippen molar-refractivity contribution in [3.8, 4) is 11.3 Å². The number of likely N-dealkylation sites (tertiary alicyclic amines) is 2. The van der Waals surface area contributed by atoms with E-state index in [1.165, 1.54) is 35.3 Å². The van der Waals surface area contributed by atoms with Crippen LogP contribution < -0.4 is 20.5 Å². The highest BCUT2D eigenvalue weighted by Gasteiger charge is 2.59. The number of hydrazine groups is 1. The van der Waals surface area contributed by atoms with E-state index in [1.807, 2.05) is 45.2 Å². The number of aromatic nitrogens is 2. The van der Waals surface area contributed by atoms with Crippen molar-refractivity contribution >= 4 is 46.0 Å². The molecule has 84 heavy (non-hydrogen) atoms. The smallest absolute Gasteiger partial charge is 0.406 e. The first-order valence-electron chi connectivity index (χ1n) is 31.7. The van der Waals surface area contributed by atoms with Gasteiger partial charge in [-0.3, -0.25) is 43.9 Å². The van der Waals surface area contributed by atoms with E-state index in [4.69, 9.17) is 19.2 Å². The molecular weight excluding hydrogens is 1080 g/mol. The Balaban J connectivity index is 0.824. The van der Waals surface area contributed by atoms with E-state index in [-0.39, 0.29) is 54.5 Å². The summed E-state index contributed by atoms with van der Waals surface area (Å²) in [5.41, 5.74) is 6.57. The van der Waals surface area contributed by atoms with E-state index in [9.17, 15) is 9.59 Å². The molecule has 6 bridgehead atoms. The fraction of sp³-hybridized carbons (Fsp3) is 0.730. The summed E-state index contributed by atoms with van der Waals surface area (Å²) in [6, 6.07) is 6.35. The third kappa shape index (κ3) is 11.8. The number of methoxy groups -OCH3 is 1. The van der Waals surface area contributed by atoms with Crippen LogP contribution in [0.15, 0.2) is 30.5 Å². The molecule has 9 atom stereocenters. The maximum Gasteiger partial charge on any atom is 0.406 e. The molecule has 3 saturated carbocycles. The average molecular weight is 1170 g/mol. The molecule has 3 aliphatic carbocycles.